The normalized spacial score (nSPS) is 18.5. The molecule has 0 saturated carbocycles. The Morgan fingerprint density at radius 1 is 1.53 bits per heavy atom. The monoisotopic (exact) mass is 267 g/mol. The van der Waals surface area contributed by atoms with Gasteiger partial charge in [-0.15, -0.1) is 0 Å². The summed E-state index contributed by atoms with van der Waals surface area (Å²) in [4.78, 5) is 12.2. The molecule has 19 heavy (non-hydrogen) atoms. The second-order valence-electron chi connectivity index (χ2n) is 4.76. The van der Waals surface area contributed by atoms with E-state index >= 15 is 0 Å². The summed E-state index contributed by atoms with van der Waals surface area (Å²) in [5.74, 6) is -0.568. The van der Waals surface area contributed by atoms with Gasteiger partial charge in [0.05, 0.1) is 11.0 Å². The highest BCUT2D eigenvalue weighted by atomic mass is 19.1. The number of likely N-dealkylation sites (N-methyl/N-ethyl adjacent to an activating group) is 1. The fraction of sp³-hybridized carbons (Fsp3) is 0.538. The van der Waals surface area contributed by atoms with Crippen molar-refractivity contribution in [1.29, 1.82) is 0 Å². The fourth-order valence-corrected chi connectivity index (χ4v) is 2.44. The van der Waals surface area contributed by atoms with Crippen molar-refractivity contribution in [2.24, 2.45) is 0 Å². The van der Waals surface area contributed by atoms with Gasteiger partial charge in [-0.2, -0.15) is 0 Å². The molecule has 0 amide bonds. The van der Waals surface area contributed by atoms with E-state index in [0.29, 0.717) is 18.3 Å². The molecule has 1 saturated heterocycles. The van der Waals surface area contributed by atoms with Gasteiger partial charge in [0.15, 0.2) is 0 Å². The van der Waals surface area contributed by atoms with Gasteiger partial charge in [-0.05, 0) is 32.4 Å². The lowest BCUT2D eigenvalue weighted by Crippen LogP contribution is -2.37. The Morgan fingerprint density at radius 3 is 2.89 bits per heavy atom. The van der Waals surface area contributed by atoms with Crippen LogP contribution >= 0.6 is 0 Å². The lowest BCUT2D eigenvalue weighted by atomic mass is 10.2. The molecule has 1 fully saturated rings. The van der Waals surface area contributed by atoms with Crippen LogP contribution < -0.4 is 10.2 Å². The van der Waals surface area contributed by atoms with Crippen LogP contribution in [-0.4, -0.2) is 30.6 Å². The lowest BCUT2D eigenvalue weighted by molar-refractivity contribution is -0.385. The summed E-state index contributed by atoms with van der Waals surface area (Å²) in [7, 11) is 0. The lowest BCUT2D eigenvalue weighted by Gasteiger charge is -2.26. The highest BCUT2D eigenvalue weighted by molar-refractivity contribution is 5.53. The van der Waals surface area contributed by atoms with E-state index < -0.39 is 10.7 Å². The fourth-order valence-electron chi connectivity index (χ4n) is 2.44. The topological polar surface area (TPSA) is 58.4 Å². The molecule has 1 N–H and O–H groups in total. The number of nitrogens with one attached hydrogen (secondary N) is 1. The van der Waals surface area contributed by atoms with Crippen LogP contribution in [0.25, 0.3) is 0 Å². The van der Waals surface area contributed by atoms with E-state index in [2.05, 4.69) is 5.32 Å². The zero-order valence-electron chi connectivity index (χ0n) is 10.9. The Morgan fingerprint density at radius 2 is 2.32 bits per heavy atom. The molecule has 0 radical (unpaired) electrons. The van der Waals surface area contributed by atoms with E-state index in [1.807, 2.05) is 11.8 Å². The number of benzene rings is 1. The Labute approximate surface area is 111 Å². The van der Waals surface area contributed by atoms with E-state index in [9.17, 15) is 14.5 Å². The minimum Gasteiger partial charge on any atom is -0.370 e. The third kappa shape index (κ3) is 3.41. The van der Waals surface area contributed by atoms with E-state index in [4.69, 9.17) is 0 Å². The maximum atomic E-state index is 13.5. The first-order valence-corrected chi connectivity index (χ1v) is 6.53. The summed E-state index contributed by atoms with van der Waals surface area (Å²) in [5.41, 5.74) is 0.371. The summed E-state index contributed by atoms with van der Waals surface area (Å²) in [6, 6.07) is 4.11. The van der Waals surface area contributed by atoms with Gasteiger partial charge in [-0.25, -0.2) is 4.39 Å². The Kier molecular flexibility index (Phi) is 4.31. The van der Waals surface area contributed by atoms with E-state index in [-0.39, 0.29) is 5.69 Å². The van der Waals surface area contributed by atoms with Crippen LogP contribution in [0.5, 0.6) is 0 Å². The van der Waals surface area contributed by atoms with Crippen molar-refractivity contribution in [3.8, 4) is 0 Å². The minimum absolute atomic E-state index is 0.201. The Hall–Kier alpha value is -1.69. The summed E-state index contributed by atoms with van der Waals surface area (Å²) in [6.45, 7) is 4.41. The van der Waals surface area contributed by atoms with Crippen LogP contribution in [0.4, 0.5) is 15.8 Å². The largest absolute Gasteiger partial charge is 0.370 e. The number of nitro benzene ring substituents is 1. The molecule has 0 aliphatic carbocycles. The second-order valence-corrected chi connectivity index (χ2v) is 4.76. The Balaban J connectivity index is 2.19. The standard InChI is InChI=1S/C13H18FN3O2/c1-2-16(9-11-4-3-5-15-11)12-6-10(14)7-13(8-12)17(18)19/h6-8,11,15H,2-5,9H2,1H3. The highest BCUT2D eigenvalue weighted by Crippen LogP contribution is 2.24. The molecule has 0 aromatic heterocycles. The molecule has 2 rings (SSSR count). The van der Waals surface area contributed by atoms with Gasteiger partial charge in [0, 0.05) is 30.9 Å². The Bertz CT molecular complexity index is 461. The third-order valence-electron chi connectivity index (χ3n) is 3.43. The van der Waals surface area contributed by atoms with Crippen LogP contribution in [0, 0.1) is 15.9 Å². The summed E-state index contributed by atoms with van der Waals surface area (Å²) >= 11 is 0. The molecule has 6 heteroatoms. The molecule has 5 nitrogen and oxygen atoms in total. The van der Waals surface area contributed by atoms with Crippen LogP contribution in [0.1, 0.15) is 19.8 Å². The second kappa shape index (κ2) is 5.97. The summed E-state index contributed by atoms with van der Waals surface area (Å²) < 4.78 is 13.5. The maximum absolute atomic E-state index is 13.5. The number of nitrogens with zero attached hydrogens (tertiary/aromatic N) is 2. The van der Waals surface area contributed by atoms with E-state index in [1.165, 1.54) is 12.1 Å². The smallest absolute Gasteiger partial charge is 0.274 e. The number of hydrogen-bond acceptors (Lipinski definition) is 4. The van der Waals surface area contributed by atoms with Crippen molar-refractivity contribution in [3.63, 3.8) is 0 Å². The predicted molar refractivity (Wildman–Crippen MR) is 72.0 cm³/mol. The van der Waals surface area contributed by atoms with Gasteiger partial charge in [-0.3, -0.25) is 10.1 Å². The predicted octanol–water partition coefficient (Wildman–Crippen LogP) is 2.31. The average molecular weight is 267 g/mol. The first-order valence-electron chi connectivity index (χ1n) is 6.53. The molecule has 1 aromatic carbocycles. The van der Waals surface area contributed by atoms with Crippen LogP contribution in [0.2, 0.25) is 0 Å². The minimum atomic E-state index is -0.568. The summed E-state index contributed by atoms with van der Waals surface area (Å²) in [6.07, 6.45) is 2.24. The van der Waals surface area contributed by atoms with Crippen molar-refractivity contribution in [1.82, 2.24) is 5.32 Å². The molecule has 0 bridgehead atoms. The van der Waals surface area contributed by atoms with E-state index in [1.54, 1.807) is 0 Å². The van der Waals surface area contributed by atoms with Gasteiger partial charge in [-0.1, -0.05) is 0 Å². The molecule has 1 heterocycles. The molecule has 104 valence electrons. The molecule has 0 spiro atoms. The number of hydrogen-bond donors (Lipinski definition) is 1. The van der Waals surface area contributed by atoms with Gasteiger partial charge >= 0.3 is 0 Å². The van der Waals surface area contributed by atoms with Crippen molar-refractivity contribution in [2.45, 2.75) is 25.8 Å². The van der Waals surface area contributed by atoms with Crippen LogP contribution in [0.15, 0.2) is 18.2 Å². The molecular formula is C13H18FN3O2. The van der Waals surface area contributed by atoms with Crippen molar-refractivity contribution in [3.05, 3.63) is 34.1 Å². The number of anilines is 1. The average Bonchev–Trinajstić information content (AvgIpc) is 2.88. The molecule has 1 aliphatic rings. The zero-order valence-corrected chi connectivity index (χ0v) is 10.9. The quantitative estimate of drug-likeness (QED) is 0.657. The zero-order chi connectivity index (χ0) is 13.8. The van der Waals surface area contributed by atoms with Crippen molar-refractivity contribution < 1.29 is 9.31 Å². The van der Waals surface area contributed by atoms with Crippen molar-refractivity contribution in [2.75, 3.05) is 24.5 Å². The highest BCUT2D eigenvalue weighted by Gasteiger charge is 2.19. The molecule has 1 atom stereocenters. The van der Waals surface area contributed by atoms with Gasteiger partial charge in [0.1, 0.15) is 5.82 Å². The number of rotatable bonds is 5. The maximum Gasteiger partial charge on any atom is 0.274 e. The molecular weight excluding hydrogens is 249 g/mol. The third-order valence-corrected chi connectivity index (χ3v) is 3.43. The first-order chi connectivity index (χ1) is 9.10. The first kappa shape index (κ1) is 13.7. The van der Waals surface area contributed by atoms with Gasteiger partial charge in [0.25, 0.3) is 5.69 Å². The van der Waals surface area contributed by atoms with Crippen LogP contribution in [-0.2, 0) is 0 Å². The molecule has 1 unspecified atom stereocenters. The van der Waals surface area contributed by atoms with Gasteiger partial charge in [0.2, 0.25) is 0 Å². The van der Waals surface area contributed by atoms with Crippen LogP contribution in [0.3, 0.4) is 0 Å². The molecule has 1 aliphatic heterocycles. The van der Waals surface area contributed by atoms with Crippen molar-refractivity contribution >= 4 is 11.4 Å². The molecule has 1 aromatic rings. The SMILES string of the molecule is CCN(CC1CCCN1)c1cc(F)cc([N+](=O)[O-])c1. The van der Waals surface area contributed by atoms with Gasteiger partial charge < -0.3 is 10.2 Å². The van der Waals surface area contributed by atoms with E-state index in [0.717, 1.165) is 32.0 Å². The number of halogens is 1. The summed E-state index contributed by atoms with van der Waals surface area (Å²) in [5, 5.41) is 14.1. The number of non-ortho nitro benzene ring substituents is 1. The number of nitro groups is 1.